The minimum Gasteiger partial charge on any atom is -0.480 e. The second-order valence-electron chi connectivity index (χ2n) is 3.57. The summed E-state index contributed by atoms with van der Waals surface area (Å²) in [5.74, 6) is -1.03. The lowest BCUT2D eigenvalue weighted by molar-refractivity contribution is -0.141. The number of alkyl halides is 2. The minimum atomic E-state index is -1.03. The number of aliphatic hydroxyl groups is 1. The van der Waals surface area contributed by atoms with Crippen molar-refractivity contribution in [2.45, 2.75) is 32.4 Å². The third kappa shape index (κ3) is 12.0. The molecular formula is C8H17Cl2NO3. The minimum absolute atomic E-state index is 0.194. The van der Waals surface area contributed by atoms with Gasteiger partial charge in [0.15, 0.2) is 0 Å². The number of halogens is 2. The van der Waals surface area contributed by atoms with Gasteiger partial charge in [0, 0.05) is 5.54 Å². The summed E-state index contributed by atoms with van der Waals surface area (Å²) in [5, 5.41) is 20.1. The van der Waals surface area contributed by atoms with Crippen LogP contribution in [0.3, 0.4) is 0 Å². The van der Waals surface area contributed by atoms with Crippen molar-refractivity contribution in [2.24, 2.45) is 0 Å². The van der Waals surface area contributed by atoms with Gasteiger partial charge in [0.2, 0.25) is 0 Å². The smallest absolute Gasteiger partial charge is 0.323 e. The molecule has 0 spiro atoms. The number of aliphatic carboxylic acids is 1. The zero-order valence-corrected chi connectivity index (χ0v) is 10.1. The van der Waals surface area contributed by atoms with E-state index in [9.17, 15) is 4.79 Å². The molecule has 0 saturated carbocycles. The van der Waals surface area contributed by atoms with Crippen molar-refractivity contribution in [1.29, 1.82) is 0 Å². The van der Waals surface area contributed by atoms with Gasteiger partial charge in [0.05, 0.1) is 11.9 Å². The van der Waals surface area contributed by atoms with Crippen LogP contribution in [0.25, 0.3) is 0 Å². The quantitative estimate of drug-likeness (QED) is 0.655. The first-order valence-corrected chi connectivity index (χ1v) is 5.08. The normalized spacial score (nSPS) is 12.7. The Balaban J connectivity index is 0. The molecule has 6 heteroatoms. The van der Waals surface area contributed by atoms with Crippen LogP contribution < -0.4 is 5.32 Å². The van der Waals surface area contributed by atoms with Crippen LogP contribution in [-0.4, -0.2) is 39.7 Å². The van der Waals surface area contributed by atoms with Crippen molar-refractivity contribution in [2.75, 3.05) is 11.9 Å². The van der Waals surface area contributed by atoms with Crippen LogP contribution in [-0.2, 0) is 4.79 Å². The Bertz CT molecular complexity index is 159. The van der Waals surface area contributed by atoms with E-state index >= 15 is 0 Å². The lowest BCUT2D eigenvalue weighted by Gasteiger charge is -2.24. The summed E-state index contributed by atoms with van der Waals surface area (Å²) in [6, 6.07) is -0.866. The number of nitrogens with one attached hydrogen (secondary N) is 1. The van der Waals surface area contributed by atoms with E-state index in [1.807, 2.05) is 20.8 Å². The van der Waals surface area contributed by atoms with Crippen LogP contribution in [0, 0.1) is 0 Å². The average Bonchev–Trinajstić information content (AvgIpc) is 1.99. The van der Waals surface area contributed by atoms with Gasteiger partial charge in [-0.1, -0.05) is 0 Å². The van der Waals surface area contributed by atoms with Crippen LogP contribution in [0.4, 0.5) is 0 Å². The molecule has 4 nitrogen and oxygen atoms in total. The molecule has 86 valence electrons. The third-order valence-corrected chi connectivity index (χ3v) is 1.09. The molecule has 0 aliphatic rings. The molecule has 3 N–H and O–H groups in total. The largest absolute Gasteiger partial charge is 0.480 e. The van der Waals surface area contributed by atoms with Gasteiger partial charge in [-0.3, -0.25) is 10.1 Å². The van der Waals surface area contributed by atoms with Crippen LogP contribution in [0.2, 0.25) is 0 Å². The molecule has 0 aromatic heterocycles. The maximum atomic E-state index is 10.4. The van der Waals surface area contributed by atoms with Crippen LogP contribution in [0.1, 0.15) is 20.8 Å². The van der Waals surface area contributed by atoms with E-state index in [0.717, 1.165) is 0 Å². The van der Waals surface area contributed by atoms with Crippen LogP contribution in [0.5, 0.6) is 0 Å². The van der Waals surface area contributed by atoms with Crippen molar-refractivity contribution in [3.05, 3.63) is 0 Å². The second-order valence-corrected chi connectivity index (χ2v) is 4.38. The summed E-state index contributed by atoms with van der Waals surface area (Å²) in [4.78, 5) is 10.4. The summed E-state index contributed by atoms with van der Waals surface area (Å²) in [6.45, 7) is 5.16. The Morgan fingerprint density at radius 2 is 1.79 bits per heavy atom. The molecule has 0 bridgehead atoms. The predicted molar refractivity (Wildman–Crippen MR) is 58.0 cm³/mol. The summed E-state index contributed by atoms with van der Waals surface area (Å²) in [5.41, 5.74) is -0.286. The monoisotopic (exact) mass is 245 g/mol. The van der Waals surface area contributed by atoms with Crippen molar-refractivity contribution >= 4 is 29.2 Å². The van der Waals surface area contributed by atoms with Gasteiger partial charge >= 0.3 is 5.97 Å². The van der Waals surface area contributed by atoms with E-state index in [1.54, 1.807) is 0 Å². The van der Waals surface area contributed by atoms with Gasteiger partial charge < -0.3 is 10.2 Å². The predicted octanol–water partition coefficient (Wildman–Crippen LogP) is 1.24. The average molecular weight is 246 g/mol. The highest BCUT2D eigenvalue weighted by Gasteiger charge is 2.21. The van der Waals surface area contributed by atoms with Crippen LogP contribution >= 0.6 is 23.2 Å². The number of aliphatic hydroxyl groups excluding tert-OH is 1. The zero-order valence-electron chi connectivity index (χ0n) is 8.55. The lowest BCUT2D eigenvalue weighted by atomic mass is 10.1. The molecule has 0 saturated heterocycles. The fourth-order valence-corrected chi connectivity index (χ4v) is 0.708. The first-order valence-electron chi connectivity index (χ1n) is 4.01. The molecule has 0 aromatic rings. The standard InChI is InChI=1S/C7H15NO3.CH2Cl2/c1-7(2,3)8-5(4-9)6(10)11;2-1-3/h5,8-9H,4H2,1-3H3,(H,10,11);1H2. The van der Waals surface area contributed by atoms with E-state index in [-0.39, 0.29) is 17.5 Å². The molecule has 0 rings (SSSR count). The molecule has 0 amide bonds. The molecule has 14 heavy (non-hydrogen) atoms. The summed E-state index contributed by atoms with van der Waals surface area (Å²) in [6.07, 6.45) is 0. The van der Waals surface area contributed by atoms with Crippen LogP contribution in [0.15, 0.2) is 0 Å². The van der Waals surface area contributed by atoms with Gasteiger partial charge in [-0.25, -0.2) is 0 Å². The summed E-state index contributed by atoms with van der Waals surface area (Å²) >= 11 is 9.53. The molecule has 0 aromatic carbocycles. The van der Waals surface area contributed by atoms with Crippen molar-refractivity contribution < 1.29 is 15.0 Å². The Labute approximate surface area is 94.2 Å². The number of carboxylic acids is 1. The van der Waals surface area contributed by atoms with E-state index in [0.29, 0.717) is 0 Å². The fourth-order valence-electron chi connectivity index (χ4n) is 0.708. The molecule has 0 fully saturated rings. The van der Waals surface area contributed by atoms with Crippen molar-refractivity contribution in [3.8, 4) is 0 Å². The summed E-state index contributed by atoms with van der Waals surface area (Å²) in [7, 11) is 0. The van der Waals surface area contributed by atoms with E-state index < -0.39 is 12.0 Å². The van der Waals surface area contributed by atoms with E-state index in [4.69, 9.17) is 33.4 Å². The maximum absolute atomic E-state index is 10.4. The topological polar surface area (TPSA) is 69.6 Å². The Morgan fingerprint density at radius 1 is 1.43 bits per heavy atom. The molecular weight excluding hydrogens is 229 g/mol. The van der Waals surface area contributed by atoms with Crippen molar-refractivity contribution in [3.63, 3.8) is 0 Å². The number of carbonyl (C=O) groups is 1. The Hall–Kier alpha value is -0.0300. The van der Waals surface area contributed by atoms with Gasteiger partial charge in [-0.15, -0.1) is 23.2 Å². The fraction of sp³-hybridized carbons (Fsp3) is 0.875. The maximum Gasteiger partial charge on any atom is 0.323 e. The van der Waals surface area contributed by atoms with Gasteiger partial charge in [0.1, 0.15) is 6.04 Å². The van der Waals surface area contributed by atoms with Gasteiger partial charge in [-0.2, -0.15) is 0 Å². The highest BCUT2D eigenvalue weighted by molar-refractivity contribution is 6.40. The molecule has 0 aliphatic heterocycles. The molecule has 1 unspecified atom stereocenters. The van der Waals surface area contributed by atoms with Gasteiger partial charge in [-0.05, 0) is 20.8 Å². The van der Waals surface area contributed by atoms with Gasteiger partial charge in [0.25, 0.3) is 0 Å². The summed E-state index contributed by atoms with van der Waals surface area (Å²) < 4.78 is 0. The SMILES string of the molecule is CC(C)(C)NC(CO)C(=O)O.ClCCl. The lowest BCUT2D eigenvalue weighted by Crippen LogP contribution is -2.49. The first-order chi connectivity index (χ1) is 6.28. The Morgan fingerprint density at radius 3 is 1.86 bits per heavy atom. The zero-order chi connectivity index (χ0) is 11.8. The molecule has 0 heterocycles. The molecule has 0 aliphatic carbocycles. The molecule has 0 radical (unpaired) electrons. The number of carboxylic acid groups (broad SMARTS) is 1. The molecule has 1 atom stereocenters. The number of hydrogen-bond donors (Lipinski definition) is 3. The highest BCUT2D eigenvalue weighted by Crippen LogP contribution is 2.00. The Kier molecular flexibility index (Phi) is 9.72. The number of rotatable bonds is 3. The highest BCUT2D eigenvalue weighted by atomic mass is 35.5. The third-order valence-electron chi connectivity index (χ3n) is 1.09. The number of hydrogen-bond acceptors (Lipinski definition) is 3. The van der Waals surface area contributed by atoms with Crippen molar-refractivity contribution in [1.82, 2.24) is 5.32 Å². The van der Waals surface area contributed by atoms with E-state index in [2.05, 4.69) is 5.32 Å². The first kappa shape index (κ1) is 16.4. The second kappa shape index (κ2) is 8.29. The van der Waals surface area contributed by atoms with E-state index in [1.165, 1.54) is 0 Å².